The summed E-state index contributed by atoms with van der Waals surface area (Å²) in [6, 6.07) is 2.60. The molecule has 0 aliphatic carbocycles. The molecule has 8 heteroatoms. The van der Waals surface area contributed by atoms with Gasteiger partial charge < -0.3 is 15.0 Å². The molecule has 2 amide bonds. The Hall–Kier alpha value is -2.38. The van der Waals surface area contributed by atoms with E-state index < -0.39 is 5.60 Å². The number of carbonyl (C=O) groups excluding carboxylic acids is 2. The van der Waals surface area contributed by atoms with Gasteiger partial charge >= 0.3 is 6.09 Å². The number of carbonyl (C=O) groups is 2. The van der Waals surface area contributed by atoms with Gasteiger partial charge in [0.25, 0.3) is 11.5 Å². The van der Waals surface area contributed by atoms with Gasteiger partial charge in [-0.3, -0.25) is 9.59 Å². The first-order chi connectivity index (χ1) is 10.7. The fourth-order valence-electron chi connectivity index (χ4n) is 2.26. The van der Waals surface area contributed by atoms with E-state index in [0.717, 1.165) is 0 Å². The number of ether oxygens (including phenoxy) is 1. The highest BCUT2D eigenvalue weighted by atomic mass is 16.6. The molecule has 0 saturated carbocycles. The third-order valence-corrected chi connectivity index (χ3v) is 3.39. The van der Waals surface area contributed by atoms with Crippen molar-refractivity contribution < 1.29 is 14.3 Å². The summed E-state index contributed by atoms with van der Waals surface area (Å²) in [7, 11) is 0. The van der Waals surface area contributed by atoms with E-state index in [4.69, 9.17) is 4.74 Å². The van der Waals surface area contributed by atoms with Gasteiger partial charge in [0, 0.05) is 25.2 Å². The Morgan fingerprint density at radius 3 is 2.48 bits per heavy atom. The Kier molecular flexibility index (Phi) is 5.02. The molecule has 126 valence electrons. The topological polar surface area (TPSA) is 104 Å². The van der Waals surface area contributed by atoms with Gasteiger partial charge in [-0.05, 0) is 39.7 Å². The largest absolute Gasteiger partial charge is 0.444 e. The predicted octanol–water partition coefficient (Wildman–Crippen LogP) is 0.899. The molecule has 8 nitrogen and oxygen atoms in total. The molecule has 0 unspecified atom stereocenters. The molecule has 1 aliphatic rings. The first kappa shape index (κ1) is 17.0. The van der Waals surface area contributed by atoms with Crippen LogP contribution in [0.25, 0.3) is 0 Å². The van der Waals surface area contributed by atoms with Crippen LogP contribution in [0.2, 0.25) is 0 Å². The number of hydrogen-bond donors (Lipinski definition) is 2. The smallest absolute Gasteiger partial charge is 0.410 e. The van der Waals surface area contributed by atoms with Crippen LogP contribution in [0.1, 0.15) is 44.1 Å². The standard InChI is InChI=1S/C15H22N4O4/c1-15(2,3)23-14(22)19-8-6-10(7-9-19)16-13(21)11-4-5-12(20)18-17-11/h4-5,10H,6-9H2,1-3H3,(H,16,21)(H,18,20). The van der Waals surface area contributed by atoms with Crippen molar-refractivity contribution >= 4 is 12.0 Å². The lowest BCUT2D eigenvalue weighted by atomic mass is 10.1. The van der Waals surface area contributed by atoms with Gasteiger partial charge in [0.2, 0.25) is 0 Å². The van der Waals surface area contributed by atoms with E-state index in [0.29, 0.717) is 25.9 Å². The Bertz CT molecular complexity index is 607. The van der Waals surface area contributed by atoms with Gasteiger partial charge in [0.15, 0.2) is 0 Å². The average molecular weight is 322 g/mol. The lowest BCUT2D eigenvalue weighted by Crippen LogP contribution is -2.48. The molecule has 1 saturated heterocycles. The molecule has 0 radical (unpaired) electrons. The number of piperidine rings is 1. The van der Waals surface area contributed by atoms with E-state index in [1.54, 1.807) is 4.90 Å². The molecular formula is C15H22N4O4. The minimum absolute atomic E-state index is 0.0325. The van der Waals surface area contributed by atoms with Crippen LogP contribution in [0.4, 0.5) is 4.79 Å². The summed E-state index contributed by atoms with van der Waals surface area (Å²) in [5, 5.41) is 8.78. The lowest BCUT2D eigenvalue weighted by molar-refractivity contribution is 0.0199. The summed E-state index contributed by atoms with van der Waals surface area (Å²) in [5.74, 6) is -0.336. The highest BCUT2D eigenvalue weighted by molar-refractivity contribution is 5.92. The number of nitrogens with one attached hydrogen (secondary N) is 2. The molecule has 1 aromatic heterocycles. The van der Waals surface area contributed by atoms with E-state index >= 15 is 0 Å². The van der Waals surface area contributed by atoms with Crippen molar-refractivity contribution in [2.75, 3.05) is 13.1 Å². The van der Waals surface area contributed by atoms with Gasteiger partial charge in [0.1, 0.15) is 11.3 Å². The first-order valence-corrected chi connectivity index (χ1v) is 7.59. The molecule has 0 aromatic carbocycles. The molecule has 2 heterocycles. The maximum absolute atomic E-state index is 12.0. The summed E-state index contributed by atoms with van der Waals surface area (Å²) < 4.78 is 5.33. The first-order valence-electron chi connectivity index (χ1n) is 7.59. The normalized spacial score (nSPS) is 16.0. The second-order valence-corrected chi connectivity index (χ2v) is 6.52. The quantitative estimate of drug-likeness (QED) is 0.842. The average Bonchev–Trinajstić information content (AvgIpc) is 2.46. The number of likely N-dealkylation sites (tertiary alicyclic amines) is 1. The molecular weight excluding hydrogens is 300 g/mol. The van der Waals surface area contributed by atoms with E-state index in [9.17, 15) is 14.4 Å². The molecule has 1 aliphatic heterocycles. The Morgan fingerprint density at radius 2 is 1.96 bits per heavy atom. The third kappa shape index (κ3) is 5.08. The monoisotopic (exact) mass is 322 g/mol. The van der Waals surface area contributed by atoms with Gasteiger partial charge in [0.05, 0.1) is 0 Å². The molecule has 0 atom stereocenters. The summed E-state index contributed by atoms with van der Waals surface area (Å²) in [4.78, 5) is 36.6. The van der Waals surface area contributed by atoms with Gasteiger partial charge in [-0.25, -0.2) is 9.89 Å². The SMILES string of the molecule is CC(C)(C)OC(=O)N1CCC(NC(=O)c2ccc(=O)[nH]n2)CC1. The number of H-pyrrole nitrogens is 1. The van der Waals surface area contributed by atoms with Crippen LogP contribution in [0.3, 0.4) is 0 Å². The fraction of sp³-hybridized carbons (Fsp3) is 0.600. The second-order valence-electron chi connectivity index (χ2n) is 6.52. The molecule has 2 N–H and O–H groups in total. The summed E-state index contributed by atoms with van der Waals surface area (Å²) in [6.07, 6.45) is 0.965. The molecule has 0 bridgehead atoms. The van der Waals surface area contributed by atoms with Crippen molar-refractivity contribution in [1.82, 2.24) is 20.4 Å². The van der Waals surface area contributed by atoms with Crippen molar-refractivity contribution in [3.63, 3.8) is 0 Å². The highest BCUT2D eigenvalue weighted by Crippen LogP contribution is 2.15. The van der Waals surface area contributed by atoms with Crippen LogP contribution in [0.15, 0.2) is 16.9 Å². The second kappa shape index (κ2) is 6.80. The number of hydrogen-bond acceptors (Lipinski definition) is 5. The third-order valence-electron chi connectivity index (χ3n) is 3.39. The zero-order chi connectivity index (χ0) is 17.0. The van der Waals surface area contributed by atoms with E-state index in [-0.39, 0.29) is 29.3 Å². The zero-order valence-corrected chi connectivity index (χ0v) is 13.6. The number of aromatic nitrogens is 2. The molecule has 1 aromatic rings. The molecule has 2 rings (SSSR count). The highest BCUT2D eigenvalue weighted by Gasteiger charge is 2.27. The van der Waals surface area contributed by atoms with Crippen LogP contribution < -0.4 is 10.9 Å². The molecule has 1 fully saturated rings. The Balaban J connectivity index is 1.82. The van der Waals surface area contributed by atoms with Gasteiger partial charge in [-0.2, -0.15) is 5.10 Å². The van der Waals surface area contributed by atoms with Crippen molar-refractivity contribution in [2.24, 2.45) is 0 Å². The van der Waals surface area contributed by atoms with E-state index in [1.165, 1.54) is 12.1 Å². The van der Waals surface area contributed by atoms with Crippen LogP contribution in [0.5, 0.6) is 0 Å². The number of rotatable bonds is 2. The maximum Gasteiger partial charge on any atom is 0.410 e. The van der Waals surface area contributed by atoms with Crippen molar-refractivity contribution in [2.45, 2.75) is 45.3 Å². The van der Waals surface area contributed by atoms with Gasteiger partial charge in [-0.15, -0.1) is 0 Å². The van der Waals surface area contributed by atoms with Crippen molar-refractivity contribution in [1.29, 1.82) is 0 Å². The number of nitrogens with zero attached hydrogens (tertiary/aromatic N) is 2. The lowest BCUT2D eigenvalue weighted by Gasteiger charge is -2.33. The van der Waals surface area contributed by atoms with E-state index in [2.05, 4.69) is 15.5 Å². The van der Waals surface area contributed by atoms with Gasteiger partial charge in [-0.1, -0.05) is 0 Å². The fourth-order valence-corrected chi connectivity index (χ4v) is 2.26. The minimum Gasteiger partial charge on any atom is -0.444 e. The maximum atomic E-state index is 12.0. The summed E-state index contributed by atoms with van der Waals surface area (Å²) >= 11 is 0. The molecule has 0 spiro atoms. The predicted molar refractivity (Wildman–Crippen MR) is 83.2 cm³/mol. The Morgan fingerprint density at radius 1 is 1.30 bits per heavy atom. The van der Waals surface area contributed by atoms with Crippen LogP contribution in [-0.4, -0.2) is 51.8 Å². The van der Waals surface area contributed by atoms with Crippen LogP contribution in [0, 0.1) is 0 Å². The van der Waals surface area contributed by atoms with Crippen molar-refractivity contribution in [3.05, 3.63) is 28.2 Å². The Labute approximate surface area is 134 Å². The summed E-state index contributed by atoms with van der Waals surface area (Å²) in [5.41, 5.74) is -0.704. The van der Waals surface area contributed by atoms with E-state index in [1.807, 2.05) is 20.8 Å². The summed E-state index contributed by atoms with van der Waals surface area (Å²) in [6.45, 7) is 6.54. The number of amides is 2. The zero-order valence-electron chi connectivity index (χ0n) is 13.6. The molecule has 23 heavy (non-hydrogen) atoms. The van der Waals surface area contributed by atoms with Crippen LogP contribution in [-0.2, 0) is 4.74 Å². The number of aromatic amines is 1. The minimum atomic E-state index is -0.516. The van der Waals surface area contributed by atoms with Crippen LogP contribution >= 0.6 is 0 Å². The van der Waals surface area contributed by atoms with Crippen molar-refractivity contribution in [3.8, 4) is 0 Å².